The van der Waals surface area contributed by atoms with Crippen LogP contribution in [0, 0.1) is 0 Å². The third kappa shape index (κ3) is 1.97. The van der Waals surface area contributed by atoms with Crippen molar-refractivity contribution in [2.24, 2.45) is 0 Å². The average Bonchev–Trinajstić information content (AvgIpc) is 1.77. The van der Waals surface area contributed by atoms with E-state index in [0.29, 0.717) is 0 Å². The van der Waals surface area contributed by atoms with Crippen LogP contribution in [0.4, 0.5) is 13.2 Å². The SMILES string of the molecule is O=C(N1CC(I)C1)C(F)(F)F. The third-order valence-electron chi connectivity index (χ3n) is 1.37. The second-order valence-electron chi connectivity index (χ2n) is 2.31. The van der Waals surface area contributed by atoms with E-state index < -0.39 is 12.1 Å². The summed E-state index contributed by atoms with van der Waals surface area (Å²) in [7, 11) is 0. The van der Waals surface area contributed by atoms with Gasteiger partial charge in [-0.25, -0.2) is 0 Å². The van der Waals surface area contributed by atoms with Crippen LogP contribution in [0.25, 0.3) is 0 Å². The fraction of sp³-hybridized carbons (Fsp3) is 0.800. The number of rotatable bonds is 0. The van der Waals surface area contributed by atoms with Gasteiger partial charge in [0.2, 0.25) is 0 Å². The van der Waals surface area contributed by atoms with Gasteiger partial charge < -0.3 is 4.90 Å². The molecule has 0 aromatic carbocycles. The number of halogens is 4. The summed E-state index contributed by atoms with van der Waals surface area (Å²) in [5, 5.41) is 0. The summed E-state index contributed by atoms with van der Waals surface area (Å²) in [6.07, 6.45) is -4.70. The van der Waals surface area contributed by atoms with Crippen LogP contribution >= 0.6 is 22.6 Å². The molecular formula is C5H5F3INO. The Hall–Kier alpha value is -0.0100. The van der Waals surface area contributed by atoms with E-state index in [1.165, 1.54) is 0 Å². The van der Waals surface area contributed by atoms with Gasteiger partial charge in [0.05, 0.1) is 0 Å². The molecule has 0 aromatic rings. The van der Waals surface area contributed by atoms with E-state index >= 15 is 0 Å². The quantitative estimate of drug-likeness (QED) is 0.482. The van der Waals surface area contributed by atoms with Gasteiger partial charge in [0, 0.05) is 17.0 Å². The van der Waals surface area contributed by atoms with Crippen molar-refractivity contribution in [2.45, 2.75) is 10.1 Å². The lowest BCUT2D eigenvalue weighted by Gasteiger charge is -2.36. The number of amides is 1. The van der Waals surface area contributed by atoms with Gasteiger partial charge in [-0.2, -0.15) is 13.2 Å². The minimum atomic E-state index is -4.70. The molecule has 64 valence electrons. The first-order valence-corrected chi connectivity index (χ1v) is 4.16. The van der Waals surface area contributed by atoms with Crippen molar-refractivity contribution in [1.82, 2.24) is 4.90 Å². The smallest absolute Gasteiger partial charge is 0.333 e. The molecule has 2 nitrogen and oxygen atoms in total. The summed E-state index contributed by atoms with van der Waals surface area (Å²) in [6.45, 7) is 0.442. The summed E-state index contributed by atoms with van der Waals surface area (Å²) in [6, 6.07) is 0. The highest BCUT2D eigenvalue weighted by molar-refractivity contribution is 14.1. The normalized spacial score (nSPS) is 19.8. The van der Waals surface area contributed by atoms with Crippen LogP contribution in [-0.4, -0.2) is 34.0 Å². The maximum Gasteiger partial charge on any atom is 0.471 e. The first-order chi connectivity index (χ1) is 4.91. The number of hydrogen-bond donors (Lipinski definition) is 0. The van der Waals surface area contributed by atoms with Gasteiger partial charge in [0.1, 0.15) is 0 Å². The van der Waals surface area contributed by atoms with Crippen molar-refractivity contribution >= 4 is 28.5 Å². The predicted octanol–water partition coefficient (Wildman–Crippen LogP) is 1.19. The van der Waals surface area contributed by atoms with E-state index in [1.807, 2.05) is 22.6 Å². The summed E-state index contributed by atoms with van der Waals surface area (Å²) < 4.78 is 35.1. The minimum absolute atomic E-state index is 0.180. The van der Waals surface area contributed by atoms with Crippen molar-refractivity contribution < 1.29 is 18.0 Å². The fourth-order valence-corrected chi connectivity index (χ4v) is 1.72. The molecule has 0 bridgehead atoms. The zero-order valence-electron chi connectivity index (χ0n) is 5.36. The lowest BCUT2D eigenvalue weighted by atomic mass is 10.2. The molecule has 1 heterocycles. The lowest BCUT2D eigenvalue weighted by Crippen LogP contribution is -2.54. The van der Waals surface area contributed by atoms with Crippen LogP contribution in [-0.2, 0) is 4.79 Å². The van der Waals surface area contributed by atoms with Crippen LogP contribution in [0.2, 0.25) is 0 Å². The van der Waals surface area contributed by atoms with E-state index in [1.54, 1.807) is 0 Å². The Morgan fingerprint density at radius 3 is 2.18 bits per heavy atom. The minimum Gasteiger partial charge on any atom is -0.333 e. The Labute approximate surface area is 74.9 Å². The fourth-order valence-electron chi connectivity index (χ4n) is 0.770. The molecule has 1 fully saturated rings. The molecular weight excluding hydrogens is 274 g/mol. The number of nitrogens with zero attached hydrogens (tertiary/aromatic N) is 1. The molecule has 0 aromatic heterocycles. The highest BCUT2D eigenvalue weighted by atomic mass is 127. The van der Waals surface area contributed by atoms with Crippen molar-refractivity contribution in [3.8, 4) is 0 Å². The molecule has 1 amide bonds. The molecule has 0 atom stereocenters. The molecule has 0 unspecified atom stereocenters. The Kier molecular flexibility index (Phi) is 2.31. The van der Waals surface area contributed by atoms with Crippen LogP contribution in [0.1, 0.15) is 0 Å². The Balaban J connectivity index is 2.45. The highest BCUT2D eigenvalue weighted by Crippen LogP contribution is 2.24. The average molecular weight is 279 g/mol. The Morgan fingerprint density at radius 2 is 1.91 bits per heavy atom. The van der Waals surface area contributed by atoms with Gasteiger partial charge in [-0.1, -0.05) is 22.6 Å². The topological polar surface area (TPSA) is 20.3 Å². The first-order valence-electron chi connectivity index (χ1n) is 2.91. The van der Waals surface area contributed by atoms with Crippen LogP contribution in [0.3, 0.4) is 0 Å². The molecule has 1 saturated heterocycles. The van der Waals surface area contributed by atoms with Gasteiger partial charge in [0.25, 0.3) is 0 Å². The largest absolute Gasteiger partial charge is 0.471 e. The van der Waals surface area contributed by atoms with E-state index in [2.05, 4.69) is 0 Å². The zero-order chi connectivity index (χ0) is 8.65. The number of alkyl halides is 4. The lowest BCUT2D eigenvalue weighted by molar-refractivity contribution is -0.188. The number of hydrogen-bond acceptors (Lipinski definition) is 1. The molecule has 0 saturated carbocycles. The molecule has 1 aliphatic heterocycles. The van der Waals surface area contributed by atoms with Crippen LogP contribution in [0.15, 0.2) is 0 Å². The standard InChI is InChI=1S/C5H5F3INO/c6-5(7,8)4(11)10-1-3(9)2-10/h3H,1-2H2. The zero-order valence-corrected chi connectivity index (χ0v) is 7.52. The van der Waals surface area contributed by atoms with Crippen molar-refractivity contribution in [3.05, 3.63) is 0 Å². The van der Waals surface area contributed by atoms with Gasteiger partial charge in [0.15, 0.2) is 0 Å². The summed E-state index contributed by atoms with van der Waals surface area (Å²) in [4.78, 5) is 11.2. The highest BCUT2D eigenvalue weighted by Gasteiger charge is 2.45. The Morgan fingerprint density at radius 1 is 1.45 bits per heavy atom. The van der Waals surface area contributed by atoms with Crippen molar-refractivity contribution in [3.63, 3.8) is 0 Å². The van der Waals surface area contributed by atoms with Gasteiger partial charge >= 0.3 is 12.1 Å². The van der Waals surface area contributed by atoms with Crippen LogP contribution in [0.5, 0.6) is 0 Å². The molecule has 6 heteroatoms. The number of carbonyl (C=O) groups is 1. The van der Waals surface area contributed by atoms with E-state index in [-0.39, 0.29) is 17.0 Å². The summed E-state index contributed by atoms with van der Waals surface area (Å²) in [5.41, 5.74) is 0. The van der Waals surface area contributed by atoms with Gasteiger partial charge in [-0.3, -0.25) is 4.79 Å². The van der Waals surface area contributed by atoms with Crippen LogP contribution < -0.4 is 0 Å². The third-order valence-corrected chi connectivity index (χ3v) is 2.15. The first kappa shape index (κ1) is 9.08. The summed E-state index contributed by atoms with van der Waals surface area (Å²) in [5.74, 6) is -1.72. The predicted molar refractivity (Wildman–Crippen MR) is 40.4 cm³/mol. The molecule has 11 heavy (non-hydrogen) atoms. The number of carbonyl (C=O) groups excluding carboxylic acids is 1. The van der Waals surface area contributed by atoms with Crippen molar-refractivity contribution in [1.29, 1.82) is 0 Å². The second-order valence-corrected chi connectivity index (χ2v) is 4.07. The summed E-state index contributed by atoms with van der Waals surface area (Å²) >= 11 is 2.01. The number of likely N-dealkylation sites (tertiary alicyclic amines) is 1. The molecule has 0 N–H and O–H groups in total. The monoisotopic (exact) mass is 279 g/mol. The Bertz CT molecular complexity index is 175. The molecule has 0 radical (unpaired) electrons. The van der Waals surface area contributed by atoms with Gasteiger partial charge in [-0.05, 0) is 0 Å². The van der Waals surface area contributed by atoms with E-state index in [4.69, 9.17) is 0 Å². The van der Waals surface area contributed by atoms with Gasteiger partial charge in [-0.15, -0.1) is 0 Å². The molecule has 0 spiro atoms. The van der Waals surface area contributed by atoms with Crippen molar-refractivity contribution in [2.75, 3.05) is 13.1 Å². The second kappa shape index (κ2) is 2.80. The molecule has 1 aliphatic rings. The molecule has 0 aliphatic carbocycles. The maximum absolute atomic E-state index is 11.7. The van der Waals surface area contributed by atoms with E-state index in [0.717, 1.165) is 4.90 Å². The molecule has 1 rings (SSSR count). The maximum atomic E-state index is 11.7. The van der Waals surface area contributed by atoms with E-state index in [9.17, 15) is 18.0 Å².